The zero-order chi connectivity index (χ0) is 16.9. The minimum atomic E-state index is -0.476. The summed E-state index contributed by atoms with van der Waals surface area (Å²) in [6.45, 7) is 8.85. The molecule has 6 heteroatoms. The van der Waals surface area contributed by atoms with Gasteiger partial charge in [0.1, 0.15) is 18.5 Å². The maximum Gasteiger partial charge on any atom is 0.185 e. The average molecular weight is 347 g/mol. The molecule has 0 spiro atoms. The van der Waals surface area contributed by atoms with Crippen molar-refractivity contribution in [2.45, 2.75) is 20.0 Å². The largest absolute Gasteiger partial charge is 0.490 e. The summed E-state index contributed by atoms with van der Waals surface area (Å²) in [6, 6.07) is 6.09. The highest BCUT2D eigenvalue weighted by Gasteiger charge is 2.21. The van der Waals surface area contributed by atoms with Gasteiger partial charge in [0.15, 0.2) is 5.13 Å². The predicted octanol–water partition coefficient (Wildman–Crippen LogP) is 2.32. The Hall–Kier alpha value is -1.63. The van der Waals surface area contributed by atoms with Gasteiger partial charge in [0.25, 0.3) is 0 Å². The van der Waals surface area contributed by atoms with Crippen LogP contribution in [0.4, 0.5) is 5.13 Å². The fourth-order valence-corrected chi connectivity index (χ4v) is 3.75. The molecule has 130 valence electrons. The zero-order valence-electron chi connectivity index (χ0n) is 14.3. The molecule has 0 amide bonds. The van der Waals surface area contributed by atoms with E-state index in [1.807, 2.05) is 43.6 Å². The number of nitrogens with zero attached hydrogens (tertiary/aromatic N) is 3. The van der Waals surface area contributed by atoms with E-state index in [9.17, 15) is 5.11 Å². The highest BCUT2D eigenvalue weighted by Crippen LogP contribution is 2.22. The third kappa shape index (κ3) is 4.26. The summed E-state index contributed by atoms with van der Waals surface area (Å²) in [6.07, 6.45) is 1.37. The van der Waals surface area contributed by atoms with Crippen molar-refractivity contribution in [1.82, 2.24) is 9.88 Å². The van der Waals surface area contributed by atoms with E-state index >= 15 is 0 Å². The monoisotopic (exact) mass is 347 g/mol. The van der Waals surface area contributed by atoms with Crippen LogP contribution >= 0.6 is 11.3 Å². The number of benzene rings is 1. The molecule has 1 aromatic heterocycles. The number of ether oxygens (including phenoxy) is 1. The molecule has 0 radical (unpaired) electrons. The van der Waals surface area contributed by atoms with Crippen LogP contribution in [-0.2, 0) is 0 Å². The fraction of sp³-hybridized carbons (Fsp3) is 0.500. The number of hydrogen-bond acceptors (Lipinski definition) is 6. The minimum Gasteiger partial charge on any atom is -0.490 e. The van der Waals surface area contributed by atoms with Crippen molar-refractivity contribution in [3.8, 4) is 5.75 Å². The number of thiazole rings is 1. The summed E-state index contributed by atoms with van der Waals surface area (Å²) in [5.74, 6) is 0.894. The fourth-order valence-electron chi connectivity index (χ4n) is 3.05. The first kappa shape index (κ1) is 17.2. The van der Waals surface area contributed by atoms with E-state index in [0.29, 0.717) is 13.2 Å². The van der Waals surface area contributed by atoms with Crippen molar-refractivity contribution < 1.29 is 9.84 Å². The Labute approximate surface area is 147 Å². The molecule has 2 heterocycles. The number of aliphatic hydroxyl groups excluding tert-OH is 1. The molecule has 0 saturated carbocycles. The average Bonchev–Trinajstić information content (AvgIpc) is 3.09. The lowest BCUT2D eigenvalue weighted by Crippen LogP contribution is -2.49. The van der Waals surface area contributed by atoms with Crippen LogP contribution in [0.25, 0.3) is 0 Å². The first-order valence-corrected chi connectivity index (χ1v) is 9.25. The molecule has 1 saturated heterocycles. The Morgan fingerprint density at radius 3 is 2.54 bits per heavy atom. The van der Waals surface area contributed by atoms with Crippen LogP contribution in [0.5, 0.6) is 5.75 Å². The Balaban J connectivity index is 1.44. The Bertz CT molecular complexity index is 619. The summed E-state index contributed by atoms with van der Waals surface area (Å²) in [5, 5.41) is 13.4. The maximum atomic E-state index is 10.3. The summed E-state index contributed by atoms with van der Waals surface area (Å²) in [7, 11) is 0. The molecule has 1 aliphatic rings. The number of anilines is 1. The van der Waals surface area contributed by atoms with Gasteiger partial charge in [-0.25, -0.2) is 4.98 Å². The molecule has 0 aliphatic carbocycles. The molecular formula is C18H25N3O2S. The van der Waals surface area contributed by atoms with Gasteiger partial charge in [-0.05, 0) is 25.0 Å². The number of β-amino-alcohol motifs (C(OH)–C–C–N with tert-alkyl or cyclic N) is 1. The van der Waals surface area contributed by atoms with Crippen LogP contribution in [-0.4, -0.2) is 60.4 Å². The number of hydrogen-bond donors (Lipinski definition) is 1. The Morgan fingerprint density at radius 2 is 1.92 bits per heavy atom. The Kier molecular flexibility index (Phi) is 5.71. The molecule has 2 aromatic rings. The lowest BCUT2D eigenvalue weighted by atomic mass is 10.1. The van der Waals surface area contributed by atoms with Gasteiger partial charge >= 0.3 is 0 Å². The van der Waals surface area contributed by atoms with Crippen LogP contribution in [0.3, 0.4) is 0 Å². The lowest BCUT2D eigenvalue weighted by Gasteiger charge is -2.35. The van der Waals surface area contributed by atoms with Gasteiger partial charge in [-0.15, -0.1) is 11.3 Å². The van der Waals surface area contributed by atoms with Gasteiger partial charge in [0.05, 0.1) is 0 Å². The van der Waals surface area contributed by atoms with Crippen molar-refractivity contribution in [3.05, 3.63) is 40.9 Å². The van der Waals surface area contributed by atoms with Gasteiger partial charge in [-0.1, -0.05) is 18.2 Å². The number of para-hydroxylation sites is 1. The quantitative estimate of drug-likeness (QED) is 0.869. The Morgan fingerprint density at radius 1 is 1.21 bits per heavy atom. The maximum absolute atomic E-state index is 10.3. The molecule has 0 unspecified atom stereocenters. The molecule has 0 bridgehead atoms. The van der Waals surface area contributed by atoms with Crippen molar-refractivity contribution in [3.63, 3.8) is 0 Å². The molecular weight excluding hydrogens is 322 g/mol. The van der Waals surface area contributed by atoms with E-state index in [4.69, 9.17) is 4.74 Å². The molecule has 1 aliphatic heterocycles. The standard InChI is InChI=1S/C18H25N3O2S/c1-14-4-3-5-15(2)17(14)23-13-16(22)12-20-7-9-21(10-8-20)18-19-6-11-24-18/h3-6,11,16,22H,7-10,12-13H2,1-2H3/t16-/m1/s1. The van der Waals surface area contributed by atoms with Crippen LogP contribution in [0, 0.1) is 13.8 Å². The van der Waals surface area contributed by atoms with E-state index in [0.717, 1.165) is 48.2 Å². The van der Waals surface area contributed by atoms with E-state index in [1.54, 1.807) is 11.3 Å². The van der Waals surface area contributed by atoms with Crippen molar-refractivity contribution >= 4 is 16.5 Å². The van der Waals surface area contributed by atoms with Crippen LogP contribution < -0.4 is 9.64 Å². The van der Waals surface area contributed by atoms with Gasteiger partial charge in [-0.3, -0.25) is 4.90 Å². The van der Waals surface area contributed by atoms with E-state index < -0.39 is 6.10 Å². The molecule has 1 atom stereocenters. The van der Waals surface area contributed by atoms with Crippen molar-refractivity contribution in [2.24, 2.45) is 0 Å². The number of aromatic nitrogens is 1. The zero-order valence-corrected chi connectivity index (χ0v) is 15.1. The number of aryl methyl sites for hydroxylation is 2. The smallest absolute Gasteiger partial charge is 0.185 e. The van der Waals surface area contributed by atoms with E-state index in [2.05, 4.69) is 14.8 Å². The third-order valence-electron chi connectivity index (χ3n) is 4.36. The highest BCUT2D eigenvalue weighted by atomic mass is 32.1. The van der Waals surface area contributed by atoms with Crippen molar-refractivity contribution in [1.29, 1.82) is 0 Å². The number of piperazine rings is 1. The summed E-state index contributed by atoms with van der Waals surface area (Å²) in [4.78, 5) is 8.96. The van der Waals surface area contributed by atoms with E-state index in [1.165, 1.54) is 0 Å². The van der Waals surface area contributed by atoms with Crippen LogP contribution in [0.15, 0.2) is 29.8 Å². The molecule has 24 heavy (non-hydrogen) atoms. The number of rotatable bonds is 6. The molecule has 1 aromatic carbocycles. The van der Waals surface area contributed by atoms with Crippen LogP contribution in [0.2, 0.25) is 0 Å². The summed E-state index contributed by atoms with van der Waals surface area (Å²) >= 11 is 1.68. The number of aliphatic hydroxyl groups is 1. The van der Waals surface area contributed by atoms with Gasteiger partial charge < -0.3 is 14.7 Å². The third-order valence-corrected chi connectivity index (χ3v) is 5.19. The second-order valence-electron chi connectivity index (χ2n) is 6.29. The molecule has 3 rings (SSSR count). The summed E-state index contributed by atoms with van der Waals surface area (Å²) < 4.78 is 5.86. The van der Waals surface area contributed by atoms with Gasteiger partial charge in [0, 0.05) is 44.3 Å². The first-order valence-electron chi connectivity index (χ1n) is 8.37. The molecule has 5 nitrogen and oxygen atoms in total. The predicted molar refractivity (Wildman–Crippen MR) is 98.2 cm³/mol. The highest BCUT2D eigenvalue weighted by molar-refractivity contribution is 7.13. The van der Waals surface area contributed by atoms with Gasteiger partial charge in [-0.2, -0.15) is 0 Å². The second kappa shape index (κ2) is 7.96. The lowest BCUT2D eigenvalue weighted by molar-refractivity contribution is 0.0658. The second-order valence-corrected chi connectivity index (χ2v) is 7.16. The first-order chi connectivity index (χ1) is 11.6. The van der Waals surface area contributed by atoms with Crippen LogP contribution in [0.1, 0.15) is 11.1 Å². The van der Waals surface area contributed by atoms with E-state index in [-0.39, 0.29) is 0 Å². The molecule has 1 fully saturated rings. The minimum absolute atomic E-state index is 0.332. The van der Waals surface area contributed by atoms with Crippen molar-refractivity contribution in [2.75, 3.05) is 44.2 Å². The topological polar surface area (TPSA) is 48.8 Å². The normalized spacial score (nSPS) is 17.0. The SMILES string of the molecule is Cc1cccc(C)c1OC[C@H](O)CN1CCN(c2nccs2)CC1. The summed E-state index contributed by atoms with van der Waals surface area (Å²) in [5.41, 5.74) is 2.22. The molecule has 1 N–H and O–H groups in total. The van der Waals surface area contributed by atoms with Gasteiger partial charge in [0.2, 0.25) is 0 Å².